The van der Waals surface area contributed by atoms with Gasteiger partial charge in [-0.3, -0.25) is 14.6 Å². The Kier molecular flexibility index (Phi) is 7.34. The van der Waals surface area contributed by atoms with Crippen LogP contribution in [0.15, 0.2) is 90.1 Å². The van der Waals surface area contributed by atoms with Crippen LogP contribution in [0, 0.1) is 11.6 Å². The molecule has 0 aliphatic heterocycles. The number of methoxy groups -OCH3 is 1. The van der Waals surface area contributed by atoms with Crippen molar-refractivity contribution in [1.29, 1.82) is 0 Å². The Morgan fingerprint density at radius 3 is 2.53 bits per heavy atom. The quantitative estimate of drug-likeness (QED) is 0.184. The lowest BCUT2D eigenvalue weighted by atomic mass is 10.1. The lowest BCUT2D eigenvalue weighted by molar-refractivity contribution is 0.205. The molecule has 10 nitrogen and oxygen atoms in total. The number of H-pyrrole nitrogens is 1. The van der Waals surface area contributed by atoms with Crippen molar-refractivity contribution < 1.29 is 23.4 Å². The van der Waals surface area contributed by atoms with Crippen molar-refractivity contribution in [3.8, 4) is 34.2 Å². The highest BCUT2D eigenvalue weighted by atomic mass is 19.1. The number of hydrogen-bond donors (Lipinski definition) is 3. The number of halogens is 2. The number of hydrogen-bond acceptors (Lipinski definition) is 7. The molecule has 0 bridgehead atoms. The van der Waals surface area contributed by atoms with Crippen molar-refractivity contribution in [1.82, 2.24) is 24.5 Å². The van der Waals surface area contributed by atoms with E-state index in [0.717, 1.165) is 22.5 Å². The predicted octanol–water partition coefficient (Wildman–Crippen LogP) is 5.78. The fraction of sp³-hybridized carbons (Fsp3) is 0.129. The molecule has 3 aromatic carbocycles. The largest absolute Gasteiger partial charge is 0.482 e. The first kappa shape index (κ1) is 27.7. The average molecular weight is 585 g/mol. The molecule has 0 aliphatic carbocycles. The van der Waals surface area contributed by atoms with Crippen molar-refractivity contribution in [3.63, 3.8) is 0 Å². The van der Waals surface area contributed by atoms with E-state index in [0.29, 0.717) is 23.5 Å². The number of aliphatic hydroxyl groups excluding tert-OH is 1. The Hall–Kier alpha value is -5.49. The topological polar surface area (TPSA) is 119 Å². The van der Waals surface area contributed by atoms with Gasteiger partial charge in [0, 0.05) is 41.0 Å². The van der Waals surface area contributed by atoms with Crippen LogP contribution in [-0.4, -0.2) is 36.8 Å². The molecule has 0 saturated carbocycles. The van der Waals surface area contributed by atoms with Crippen LogP contribution in [0.2, 0.25) is 0 Å². The number of benzene rings is 3. The van der Waals surface area contributed by atoms with Gasteiger partial charge in [0.15, 0.2) is 17.8 Å². The van der Waals surface area contributed by atoms with Gasteiger partial charge >= 0.3 is 0 Å². The molecule has 12 heteroatoms. The first-order valence-corrected chi connectivity index (χ1v) is 13.3. The summed E-state index contributed by atoms with van der Waals surface area (Å²) < 4.78 is 43.2. The third-order valence-corrected chi connectivity index (χ3v) is 6.97. The second kappa shape index (κ2) is 11.4. The van der Waals surface area contributed by atoms with Crippen molar-refractivity contribution >= 4 is 16.6 Å². The van der Waals surface area contributed by atoms with Crippen LogP contribution in [0.25, 0.3) is 27.7 Å². The standard InChI is InChI=1S/C31H26F2N6O4/c1-3-38-26-14-24(19-15-34-35-16-19)28(12-18(26)17-36-38)43-27-10-6-21(13-25(27)33)37-30(40)23-9-11-29(42-2)39(31(23)41)22-7-4-20(32)5-8-22/h4-17,30,37,40H,3H2,1-2H3,(H,34,35). The number of nitrogens with zero attached hydrogens (tertiary/aromatic N) is 4. The first-order valence-electron chi connectivity index (χ1n) is 13.3. The van der Waals surface area contributed by atoms with Crippen LogP contribution in [0.4, 0.5) is 14.5 Å². The smallest absolute Gasteiger partial charge is 0.265 e. The van der Waals surface area contributed by atoms with Gasteiger partial charge in [-0.1, -0.05) is 0 Å². The molecular formula is C31H26F2N6O4. The summed E-state index contributed by atoms with van der Waals surface area (Å²) >= 11 is 0. The molecule has 6 rings (SSSR count). The van der Waals surface area contributed by atoms with E-state index >= 15 is 4.39 Å². The Morgan fingerprint density at radius 2 is 1.84 bits per heavy atom. The maximum Gasteiger partial charge on any atom is 0.265 e. The van der Waals surface area contributed by atoms with Gasteiger partial charge in [-0.15, -0.1) is 0 Å². The second-order valence-corrected chi connectivity index (χ2v) is 9.60. The van der Waals surface area contributed by atoms with Crippen LogP contribution in [-0.2, 0) is 6.54 Å². The number of nitrogens with one attached hydrogen (secondary N) is 2. The summed E-state index contributed by atoms with van der Waals surface area (Å²) in [6, 6.07) is 16.0. The lowest BCUT2D eigenvalue weighted by Crippen LogP contribution is -2.27. The number of rotatable bonds is 9. The van der Waals surface area contributed by atoms with E-state index in [1.54, 1.807) is 24.7 Å². The Bertz CT molecular complexity index is 1970. The second-order valence-electron chi connectivity index (χ2n) is 9.60. The van der Waals surface area contributed by atoms with Gasteiger partial charge in [0.2, 0.25) is 5.88 Å². The van der Waals surface area contributed by atoms with Gasteiger partial charge in [0.05, 0.1) is 36.3 Å². The Labute approximate surface area is 243 Å². The number of aromatic amines is 1. The monoisotopic (exact) mass is 584 g/mol. The van der Waals surface area contributed by atoms with E-state index in [9.17, 15) is 14.3 Å². The zero-order valence-corrected chi connectivity index (χ0v) is 23.1. The van der Waals surface area contributed by atoms with Gasteiger partial charge in [-0.25, -0.2) is 13.3 Å². The molecule has 0 aliphatic rings. The number of aliphatic hydroxyl groups is 1. The van der Waals surface area contributed by atoms with Gasteiger partial charge < -0.3 is 19.9 Å². The molecule has 218 valence electrons. The molecule has 3 N–H and O–H groups in total. The molecule has 0 spiro atoms. The highest BCUT2D eigenvalue weighted by molar-refractivity contribution is 5.88. The molecule has 0 saturated heterocycles. The van der Waals surface area contributed by atoms with Crippen LogP contribution >= 0.6 is 0 Å². The van der Waals surface area contributed by atoms with Crippen LogP contribution in [0.3, 0.4) is 0 Å². The number of pyridine rings is 1. The number of anilines is 1. The molecule has 43 heavy (non-hydrogen) atoms. The van der Waals surface area contributed by atoms with E-state index in [1.807, 2.05) is 17.7 Å². The maximum atomic E-state index is 15.3. The molecule has 6 aromatic rings. The van der Waals surface area contributed by atoms with Crippen molar-refractivity contribution in [3.05, 3.63) is 113 Å². The number of aryl methyl sites for hydroxylation is 1. The molecular weight excluding hydrogens is 558 g/mol. The Morgan fingerprint density at radius 1 is 1.02 bits per heavy atom. The van der Waals surface area contributed by atoms with E-state index in [-0.39, 0.29) is 22.9 Å². The summed E-state index contributed by atoms with van der Waals surface area (Å²) in [5.74, 6) is -0.610. The lowest BCUT2D eigenvalue weighted by Gasteiger charge is -2.18. The molecule has 1 unspecified atom stereocenters. The SMILES string of the molecule is CCn1ncc2cc(Oc3ccc(NC(O)c4ccc(OC)n(-c5ccc(F)cc5)c4=O)cc3F)c(-c3cn[nH]c3)cc21. The van der Waals surface area contributed by atoms with Gasteiger partial charge in [-0.05, 0) is 67.6 Å². The number of aromatic nitrogens is 5. The molecule has 1 atom stereocenters. The van der Waals surface area contributed by atoms with Gasteiger partial charge in [0.25, 0.3) is 5.56 Å². The highest BCUT2D eigenvalue weighted by Gasteiger charge is 2.19. The zero-order chi connectivity index (χ0) is 30.1. The van der Waals surface area contributed by atoms with Crippen LogP contribution in [0.1, 0.15) is 18.7 Å². The minimum Gasteiger partial charge on any atom is -0.482 e. The third kappa shape index (κ3) is 5.31. The van der Waals surface area contributed by atoms with Gasteiger partial charge in [-0.2, -0.15) is 10.2 Å². The summed E-state index contributed by atoms with van der Waals surface area (Å²) in [4.78, 5) is 13.3. The first-order chi connectivity index (χ1) is 20.9. The summed E-state index contributed by atoms with van der Waals surface area (Å²) in [5.41, 5.74) is 2.28. The van der Waals surface area contributed by atoms with E-state index in [4.69, 9.17) is 9.47 Å². The number of fused-ring (bicyclic) bond motifs is 1. The summed E-state index contributed by atoms with van der Waals surface area (Å²) in [7, 11) is 1.39. The van der Waals surface area contributed by atoms with E-state index in [1.165, 1.54) is 60.2 Å². The molecule has 0 fully saturated rings. The van der Waals surface area contributed by atoms with Crippen LogP contribution < -0.4 is 20.3 Å². The van der Waals surface area contributed by atoms with Crippen LogP contribution in [0.5, 0.6) is 17.4 Å². The minimum absolute atomic E-state index is 0.0310. The average Bonchev–Trinajstić information content (AvgIpc) is 3.68. The fourth-order valence-corrected chi connectivity index (χ4v) is 4.83. The zero-order valence-electron chi connectivity index (χ0n) is 23.1. The van der Waals surface area contributed by atoms with E-state index in [2.05, 4.69) is 20.6 Å². The summed E-state index contributed by atoms with van der Waals surface area (Å²) in [6.45, 7) is 2.67. The molecule has 3 heterocycles. The van der Waals surface area contributed by atoms with Crippen molar-refractivity contribution in [2.45, 2.75) is 19.7 Å². The fourth-order valence-electron chi connectivity index (χ4n) is 4.83. The summed E-state index contributed by atoms with van der Waals surface area (Å²) in [5, 5.41) is 25.7. The molecule has 0 amide bonds. The van der Waals surface area contributed by atoms with Gasteiger partial charge in [0.1, 0.15) is 11.6 Å². The molecule has 3 aromatic heterocycles. The molecule has 0 radical (unpaired) electrons. The minimum atomic E-state index is -1.50. The summed E-state index contributed by atoms with van der Waals surface area (Å²) in [6.07, 6.45) is 3.59. The number of ether oxygens (including phenoxy) is 2. The normalized spacial score (nSPS) is 11.9. The Balaban J connectivity index is 1.28. The van der Waals surface area contributed by atoms with E-state index < -0.39 is 23.4 Å². The van der Waals surface area contributed by atoms with Crippen molar-refractivity contribution in [2.24, 2.45) is 0 Å². The van der Waals surface area contributed by atoms with Crippen molar-refractivity contribution in [2.75, 3.05) is 12.4 Å². The maximum absolute atomic E-state index is 15.3. The highest BCUT2D eigenvalue weighted by Crippen LogP contribution is 2.38. The predicted molar refractivity (Wildman–Crippen MR) is 157 cm³/mol. The third-order valence-electron chi connectivity index (χ3n) is 6.97.